The molecule has 0 saturated carbocycles. The fraction of sp³-hybridized carbons (Fsp3) is 0.417. The van der Waals surface area contributed by atoms with Crippen LogP contribution in [0.3, 0.4) is 0 Å². The lowest BCUT2D eigenvalue weighted by Gasteiger charge is -2.26. The Morgan fingerprint density at radius 2 is 2.12 bits per heavy atom. The highest BCUT2D eigenvalue weighted by Gasteiger charge is 2.36. The van der Waals surface area contributed by atoms with Gasteiger partial charge in [-0.2, -0.15) is 0 Å². The molecule has 1 amide bonds. The van der Waals surface area contributed by atoms with Gasteiger partial charge >= 0.3 is 0 Å². The van der Waals surface area contributed by atoms with Crippen molar-refractivity contribution in [2.45, 2.75) is 39.2 Å². The Balaban J connectivity index is 1.78. The van der Waals surface area contributed by atoms with Gasteiger partial charge in [-0.15, -0.1) is 0 Å². The van der Waals surface area contributed by atoms with E-state index in [0.717, 1.165) is 35.4 Å². The van der Waals surface area contributed by atoms with Crippen LogP contribution in [0.2, 0.25) is 0 Å². The van der Waals surface area contributed by atoms with Crippen LogP contribution in [-0.4, -0.2) is 53.5 Å². The monoisotopic (exact) mass is 435 g/mol. The van der Waals surface area contributed by atoms with Crippen LogP contribution in [0.25, 0.3) is 11.1 Å². The molecule has 1 aliphatic rings. The second kappa shape index (κ2) is 8.98. The third-order valence-electron chi connectivity index (χ3n) is 5.75. The minimum atomic E-state index is -0.181. The van der Waals surface area contributed by atoms with E-state index in [1.165, 1.54) is 0 Å². The van der Waals surface area contributed by atoms with Crippen LogP contribution >= 0.6 is 0 Å². The van der Waals surface area contributed by atoms with Gasteiger partial charge in [-0.05, 0) is 37.5 Å². The van der Waals surface area contributed by atoms with Crippen LogP contribution < -0.4 is 9.64 Å². The number of benzene rings is 1. The Bertz CT molecular complexity index is 1120. The van der Waals surface area contributed by atoms with E-state index in [1.807, 2.05) is 68.2 Å². The molecule has 1 aliphatic heterocycles. The smallest absolute Gasteiger partial charge is 0.292 e. The molecule has 0 bridgehead atoms. The number of carbonyl (C=O) groups excluding carboxylic acids is 1. The van der Waals surface area contributed by atoms with Gasteiger partial charge in [0, 0.05) is 38.8 Å². The van der Waals surface area contributed by atoms with Crippen molar-refractivity contribution in [2.75, 3.05) is 32.6 Å². The van der Waals surface area contributed by atoms with Gasteiger partial charge in [-0.25, -0.2) is 15.0 Å². The maximum absolute atomic E-state index is 13.5. The van der Waals surface area contributed by atoms with E-state index in [-0.39, 0.29) is 11.9 Å². The number of carbonyl (C=O) groups is 1. The number of likely N-dealkylation sites (tertiary alicyclic amines) is 1. The van der Waals surface area contributed by atoms with Crippen molar-refractivity contribution < 1.29 is 13.9 Å². The van der Waals surface area contributed by atoms with Crippen LogP contribution in [0.15, 0.2) is 34.9 Å². The highest BCUT2D eigenvalue weighted by atomic mass is 16.5. The lowest BCUT2D eigenvalue weighted by molar-refractivity contribution is 0.0698. The predicted molar refractivity (Wildman–Crippen MR) is 122 cm³/mol. The fourth-order valence-corrected chi connectivity index (χ4v) is 4.09. The molecule has 1 saturated heterocycles. The topological polar surface area (TPSA) is 84.6 Å². The molecule has 32 heavy (non-hydrogen) atoms. The molecule has 3 aromatic rings. The van der Waals surface area contributed by atoms with Gasteiger partial charge in [-0.3, -0.25) is 4.79 Å². The second-order valence-electron chi connectivity index (χ2n) is 8.13. The SMILES string of the molecule is CCc1nc(C)c(C(=O)N2CCC[C@H]2c2nc(N(C)C)ncc2-c2cccc(OC)c2)o1. The predicted octanol–water partition coefficient (Wildman–Crippen LogP) is 4.05. The fourth-order valence-electron chi connectivity index (χ4n) is 4.09. The van der Waals surface area contributed by atoms with Gasteiger partial charge in [0.05, 0.1) is 24.5 Å². The Morgan fingerprint density at radius 3 is 2.81 bits per heavy atom. The Labute approximate surface area is 188 Å². The molecule has 0 aliphatic carbocycles. The van der Waals surface area contributed by atoms with Gasteiger partial charge in [0.25, 0.3) is 5.91 Å². The van der Waals surface area contributed by atoms with Crippen molar-refractivity contribution in [3.63, 3.8) is 0 Å². The summed E-state index contributed by atoms with van der Waals surface area (Å²) < 4.78 is 11.2. The molecule has 8 nitrogen and oxygen atoms in total. The molecule has 4 rings (SSSR count). The van der Waals surface area contributed by atoms with Crippen molar-refractivity contribution >= 4 is 11.9 Å². The van der Waals surface area contributed by atoms with E-state index in [4.69, 9.17) is 14.1 Å². The van der Waals surface area contributed by atoms with Gasteiger partial charge in [0.1, 0.15) is 5.75 Å². The third kappa shape index (κ3) is 4.04. The molecule has 0 unspecified atom stereocenters. The first-order valence-corrected chi connectivity index (χ1v) is 10.9. The number of aromatic nitrogens is 3. The molecule has 3 heterocycles. The number of methoxy groups -OCH3 is 1. The number of oxazole rings is 1. The van der Waals surface area contributed by atoms with Gasteiger partial charge < -0.3 is 19.0 Å². The highest BCUT2D eigenvalue weighted by molar-refractivity contribution is 5.93. The normalized spacial score (nSPS) is 15.8. The Kier molecular flexibility index (Phi) is 6.12. The zero-order chi connectivity index (χ0) is 22.8. The quantitative estimate of drug-likeness (QED) is 0.577. The van der Waals surface area contributed by atoms with E-state index in [9.17, 15) is 4.79 Å². The summed E-state index contributed by atoms with van der Waals surface area (Å²) >= 11 is 0. The van der Waals surface area contributed by atoms with E-state index in [2.05, 4.69) is 9.97 Å². The number of rotatable bonds is 6. The molecular weight excluding hydrogens is 406 g/mol. The molecule has 168 valence electrons. The summed E-state index contributed by atoms with van der Waals surface area (Å²) in [5, 5.41) is 0. The molecule has 0 radical (unpaired) electrons. The summed E-state index contributed by atoms with van der Waals surface area (Å²) in [6.07, 6.45) is 4.20. The molecule has 0 spiro atoms. The average Bonchev–Trinajstić information content (AvgIpc) is 3.45. The number of anilines is 1. The minimum Gasteiger partial charge on any atom is -0.497 e. The van der Waals surface area contributed by atoms with Gasteiger partial charge in [0.15, 0.2) is 5.89 Å². The summed E-state index contributed by atoms with van der Waals surface area (Å²) in [5.41, 5.74) is 3.30. The lowest BCUT2D eigenvalue weighted by Crippen LogP contribution is -2.32. The number of hydrogen-bond donors (Lipinski definition) is 0. The number of ether oxygens (including phenoxy) is 1. The Morgan fingerprint density at radius 1 is 1.31 bits per heavy atom. The van der Waals surface area contributed by atoms with E-state index >= 15 is 0 Å². The standard InChI is InChI=1S/C24H29N5O3/c1-6-20-26-15(2)22(32-20)23(30)29-12-8-11-19(29)21-18(14-25-24(27-21)28(3)4)16-9-7-10-17(13-16)31-5/h7,9-10,13-14,19H,6,8,11-12H2,1-5H3/t19-/m0/s1. The number of nitrogens with zero attached hydrogens (tertiary/aromatic N) is 5. The maximum atomic E-state index is 13.5. The molecule has 0 N–H and O–H groups in total. The number of hydrogen-bond acceptors (Lipinski definition) is 7. The summed E-state index contributed by atoms with van der Waals surface area (Å²) in [4.78, 5) is 31.0. The van der Waals surface area contributed by atoms with Crippen molar-refractivity contribution in [3.8, 4) is 16.9 Å². The van der Waals surface area contributed by atoms with Crippen LogP contribution in [0, 0.1) is 6.92 Å². The zero-order valence-corrected chi connectivity index (χ0v) is 19.3. The zero-order valence-electron chi connectivity index (χ0n) is 19.3. The highest BCUT2D eigenvalue weighted by Crippen LogP contribution is 2.38. The molecule has 8 heteroatoms. The van der Waals surface area contributed by atoms with Gasteiger partial charge in [0.2, 0.25) is 11.7 Å². The molecule has 1 aromatic carbocycles. The first-order valence-electron chi connectivity index (χ1n) is 10.9. The Hall–Kier alpha value is -3.42. The van der Waals surface area contributed by atoms with Crippen molar-refractivity contribution in [3.05, 3.63) is 53.5 Å². The van der Waals surface area contributed by atoms with Crippen LogP contribution in [0.1, 0.15) is 53.6 Å². The summed E-state index contributed by atoms with van der Waals surface area (Å²) in [7, 11) is 5.46. The first kappa shape index (κ1) is 21.8. The first-order chi connectivity index (χ1) is 15.4. The van der Waals surface area contributed by atoms with E-state index in [1.54, 1.807) is 7.11 Å². The molecule has 1 atom stereocenters. The summed E-state index contributed by atoms with van der Waals surface area (Å²) in [5.74, 6) is 2.12. The summed E-state index contributed by atoms with van der Waals surface area (Å²) in [6.45, 7) is 4.42. The molecule has 1 fully saturated rings. The second-order valence-corrected chi connectivity index (χ2v) is 8.13. The van der Waals surface area contributed by atoms with Crippen LogP contribution in [0.5, 0.6) is 5.75 Å². The molecular formula is C24H29N5O3. The number of aryl methyl sites for hydroxylation is 2. The largest absolute Gasteiger partial charge is 0.497 e. The molecule has 2 aromatic heterocycles. The van der Waals surface area contributed by atoms with E-state index < -0.39 is 0 Å². The minimum absolute atomic E-state index is 0.140. The van der Waals surface area contributed by atoms with Crippen molar-refractivity contribution in [1.29, 1.82) is 0 Å². The third-order valence-corrected chi connectivity index (χ3v) is 5.75. The van der Waals surface area contributed by atoms with E-state index in [0.29, 0.717) is 36.3 Å². The summed E-state index contributed by atoms with van der Waals surface area (Å²) in [6, 6.07) is 7.64. The van der Waals surface area contributed by atoms with Crippen LogP contribution in [0.4, 0.5) is 5.95 Å². The average molecular weight is 436 g/mol. The lowest BCUT2D eigenvalue weighted by atomic mass is 9.99. The van der Waals surface area contributed by atoms with Crippen molar-refractivity contribution in [1.82, 2.24) is 19.9 Å². The van der Waals surface area contributed by atoms with Crippen molar-refractivity contribution in [2.24, 2.45) is 0 Å². The number of amides is 1. The maximum Gasteiger partial charge on any atom is 0.292 e. The van der Waals surface area contributed by atoms with Crippen LogP contribution in [-0.2, 0) is 6.42 Å². The van der Waals surface area contributed by atoms with Gasteiger partial charge in [-0.1, -0.05) is 19.1 Å².